The summed E-state index contributed by atoms with van der Waals surface area (Å²) in [6.45, 7) is 0. The number of hydrogen-bond donors (Lipinski definition) is 2. The molecule has 0 fully saturated rings. The minimum absolute atomic E-state index is 0.159. The van der Waals surface area contributed by atoms with Gasteiger partial charge in [-0.1, -0.05) is 0 Å². The molecule has 0 aliphatic heterocycles. The molecule has 0 saturated heterocycles. The second kappa shape index (κ2) is 4.13. The van der Waals surface area contributed by atoms with Crippen molar-refractivity contribution in [3.05, 3.63) is 40.3 Å². The first-order valence-corrected chi connectivity index (χ1v) is 6.66. The van der Waals surface area contributed by atoms with Crippen molar-refractivity contribution in [2.75, 3.05) is 6.26 Å². The monoisotopic (exact) mass is 275 g/mol. The fourth-order valence-electron chi connectivity index (χ4n) is 1.92. The average Bonchev–Trinajstić information content (AvgIpc) is 2.83. The van der Waals surface area contributed by atoms with Gasteiger partial charge in [0, 0.05) is 11.0 Å². The molecular weight excluding hydrogens is 266 g/mol. The molecule has 19 heavy (non-hydrogen) atoms. The number of benzene rings is 1. The fourth-order valence-corrected chi connectivity index (χ4v) is 2.36. The van der Waals surface area contributed by atoms with Crippen LogP contribution in [-0.4, -0.2) is 31.9 Å². The van der Waals surface area contributed by atoms with Gasteiger partial charge >= 0.3 is 5.97 Å². The molecule has 96 valence electrons. The number of fused-ring (bicyclic) bond motifs is 2. The van der Waals surface area contributed by atoms with Crippen LogP contribution in [0.25, 0.3) is 16.6 Å². The van der Waals surface area contributed by atoms with Crippen molar-refractivity contribution >= 4 is 34.3 Å². The largest absolute Gasteiger partial charge is 0.476 e. The average molecular weight is 275 g/mol. The number of rotatable bonds is 2. The lowest BCUT2D eigenvalue weighted by Crippen LogP contribution is -2.15. The summed E-state index contributed by atoms with van der Waals surface area (Å²) in [6, 6.07) is 6.80. The quantitative estimate of drug-likeness (QED) is 0.693. The van der Waals surface area contributed by atoms with Gasteiger partial charge in [-0.05, 0) is 24.5 Å². The molecule has 0 atom stereocenters. The van der Waals surface area contributed by atoms with Gasteiger partial charge < -0.3 is 10.1 Å². The third kappa shape index (κ3) is 1.78. The number of carbonyl (C=O) groups is 1. The summed E-state index contributed by atoms with van der Waals surface area (Å²) in [5, 5.41) is 13.2. The van der Waals surface area contributed by atoms with Crippen molar-refractivity contribution < 1.29 is 9.90 Å². The summed E-state index contributed by atoms with van der Waals surface area (Å²) in [4.78, 5) is 27.1. The number of aromatic amines is 1. The van der Waals surface area contributed by atoms with E-state index < -0.39 is 5.97 Å². The Labute approximate surface area is 111 Å². The normalized spacial score (nSPS) is 11.2. The second-order valence-corrected chi connectivity index (χ2v) is 4.85. The molecule has 1 aromatic carbocycles. The molecule has 0 amide bonds. The predicted octanol–water partition coefficient (Wildman–Crippen LogP) is 1.60. The van der Waals surface area contributed by atoms with Gasteiger partial charge in [-0.15, -0.1) is 11.8 Å². The Morgan fingerprint density at radius 3 is 2.89 bits per heavy atom. The molecule has 0 aliphatic carbocycles. The summed E-state index contributed by atoms with van der Waals surface area (Å²) in [5.74, 6) is -1.16. The highest BCUT2D eigenvalue weighted by atomic mass is 32.2. The number of nitrogens with one attached hydrogen (secondary N) is 1. The summed E-state index contributed by atoms with van der Waals surface area (Å²) < 4.78 is 1.08. The van der Waals surface area contributed by atoms with E-state index in [4.69, 9.17) is 5.11 Å². The van der Waals surface area contributed by atoms with E-state index in [0.717, 1.165) is 9.41 Å². The summed E-state index contributed by atoms with van der Waals surface area (Å²) >= 11 is 1.53. The van der Waals surface area contributed by atoms with Gasteiger partial charge in [0.05, 0.1) is 10.9 Å². The molecule has 2 N–H and O–H groups in total. The van der Waals surface area contributed by atoms with Gasteiger partial charge in [0.2, 0.25) is 0 Å². The van der Waals surface area contributed by atoms with Crippen molar-refractivity contribution in [1.29, 1.82) is 0 Å². The van der Waals surface area contributed by atoms with E-state index in [1.54, 1.807) is 12.1 Å². The van der Waals surface area contributed by atoms with E-state index in [2.05, 4.69) is 10.1 Å². The van der Waals surface area contributed by atoms with Crippen molar-refractivity contribution in [3.63, 3.8) is 0 Å². The molecule has 3 rings (SSSR count). The zero-order chi connectivity index (χ0) is 13.6. The second-order valence-electron chi connectivity index (χ2n) is 3.97. The van der Waals surface area contributed by atoms with Crippen molar-refractivity contribution in [3.8, 4) is 0 Å². The lowest BCUT2D eigenvalue weighted by Gasteiger charge is -2.01. The maximum Gasteiger partial charge on any atom is 0.356 e. The molecular formula is C12H9N3O3S. The van der Waals surface area contributed by atoms with Gasteiger partial charge in [-0.25, -0.2) is 4.79 Å². The minimum Gasteiger partial charge on any atom is -0.476 e. The van der Waals surface area contributed by atoms with E-state index in [0.29, 0.717) is 16.6 Å². The van der Waals surface area contributed by atoms with Crippen LogP contribution in [0.4, 0.5) is 0 Å². The Balaban J connectivity index is 2.42. The summed E-state index contributed by atoms with van der Waals surface area (Å²) in [7, 11) is 0. The van der Waals surface area contributed by atoms with Crippen LogP contribution in [0.5, 0.6) is 0 Å². The Hall–Kier alpha value is -2.28. The van der Waals surface area contributed by atoms with Crippen LogP contribution in [0.2, 0.25) is 0 Å². The van der Waals surface area contributed by atoms with Crippen LogP contribution in [-0.2, 0) is 0 Å². The molecule has 0 spiro atoms. The lowest BCUT2D eigenvalue weighted by molar-refractivity contribution is 0.0690. The Bertz CT molecular complexity index is 866. The number of H-pyrrole nitrogens is 1. The molecule has 0 saturated carbocycles. The summed E-state index contributed by atoms with van der Waals surface area (Å²) in [6.07, 6.45) is 1.92. The number of carboxylic acid groups (broad SMARTS) is 1. The fraction of sp³-hybridized carbons (Fsp3) is 0.0833. The topological polar surface area (TPSA) is 87.5 Å². The highest BCUT2D eigenvalue weighted by Gasteiger charge is 2.13. The minimum atomic E-state index is -1.16. The highest BCUT2D eigenvalue weighted by molar-refractivity contribution is 7.98. The number of aromatic nitrogens is 3. The first-order valence-electron chi connectivity index (χ1n) is 5.43. The van der Waals surface area contributed by atoms with E-state index in [1.165, 1.54) is 17.8 Å². The van der Waals surface area contributed by atoms with Crippen LogP contribution < -0.4 is 5.56 Å². The molecule has 2 heterocycles. The van der Waals surface area contributed by atoms with E-state index in [1.807, 2.05) is 12.3 Å². The van der Waals surface area contributed by atoms with Crippen LogP contribution >= 0.6 is 11.8 Å². The first-order chi connectivity index (χ1) is 9.10. The summed E-state index contributed by atoms with van der Waals surface area (Å²) in [5.41, 5.74) is 0.542. The molecule has 3 aromatic rings. The van der Waals surface area contributed by atoms with Gasteiger partial charge in [-0.2, -0.15) is 9.61 Å². The molecule has 0 radical (unpaired) electrons. The molecule has 2 aromatic heterocycles. The van der Waals surface area contributed by atoms with Crippen molar-refractivity contribution in [2.24, 2.45) is 0 Å². The number of nitrogens with zero attached hydrogens (tertiary/aromatic N) is 2. The van der Waals surface area contributed by atoms with Crippen LogP contribution in [0.1, 0.15) is 10.5 Å². The SMILES string of the molecule is CSc1ccc2[nH]c3cc(C(=O)O)nn3c(=O)c2c1. The predicted molar refractivity (Wildman–Crippen MR) is 72.1 cm³/mol. The maximum atomic E-state index is 12.3. The van der Waals surface area contributed by atoms with Gasteiger partial charge in [0.15, 0.2) is 5.69 Å². The molecule has 0 unspecified atom stereocenters. The zero-order valence-corrected chi connectivity index (χ0v) is 10.7. The van der Waals surface area contributed by atoms with Gasteiger partial charge in [0.25, 0.3) is 5.56 Å². The highest BCUT2D eigenvalue weighted by Crippen LogP contribution is 2.19. The van der Waals surface area contributed by atoms with E-state index in [9.17, 15) is 9.59 Å². The number of thioether (sulfide) groups is 1. The number of hydrogen-bond acceptors (Lipinski definition) is 4. The Morgan fingerprint density at radius 2 is 2.21 bits per heavy atom. The molecule has 0 bridgehead atoms. The Morgan fingerprint density at radius 1 is 1.42 bits per heavy atom. The first kappa shape index (κ1) is 11.8. The van der Waals surface area contributed by atoms with Gasteiger partial charge in [-0.3, -0.25) is 4.79 Å². The van der Waals surface area contributed by atoms with Crippen LogP contribution in [0.15, 0.2) is 34.0 Å². The van der Waals surface area contributed by atoms with Crippen LogP contribution in [0, 0.1) is 0 Å². The number of carboxylic acids is 1. The molecule has 0 aliphatic rings. The van der Waals surface area contributed by atoms with Crippen molar-refractivity contribution in [1.82, 2.24) is 14.6 Å². The van der Waals surface area contributed by atoms with E-state index >= 15 is 0 Å². The third-order valence-electron chi connectivity index (χ3n) is 2.84. The van der Waals surface area contributed by atoms with E-state index in [-0.39, 0.29) is 11.3 Å². The number of aromatic carboxylic acids is 1. The van der Waals surface area contributed by atoms with Gasteiger partial charge in [0.1, 0.15) is 5.65 Å². The Kier molecular flexibility index (Phi) is 2.56. The molecule has 6 nitrogen and oxygen atoms in total. The lowest BCUT2D eigenvalue weighted by atomic mass is 10.2. The van der Waals surface area contributed by atoms with Crippen LogP contribution in [0.3, 0.4) is 0 Å². The smallest absolute Gasteiger partial charge is 0.356 e. The maximum absolute atomic E-state index is 12.3. The third-order valence-corrected chi connectivity index (χ3v) is 3.57. The van der Waals surface area contributed by atoms with Crippen molar-refractivity contribution in [2.45, 2.75) is 4.90 Å². The zero-order valence-electron chi connectivity index (χ0n) is 9.88. The molecule has 7 heteroatoms. The standard InChI is InChI=1S/C12H9N3O3S/c1-19-6-2-3-8-7(4-6)11(16)15-10(13-8)5-9(14-15)12(17)18/h2-5,13H,1H3,(H,17,18).